The molecule has 16 nitrogen and oxygen atoms in total. The number of fused-ring (bicyclic) bond motifs is 2. The van der Waals surface area contributed by atoms with Crippen molar-refractivity contribution in [1.82, 2.24) is 0 Å². The van der Waals surface area contributed by atoms with Crippen LogP contribution in [0.1, 0.15) is 0 Å². The van der Waals surface area contributed by atoms with Crippen molar-refractivity contribution in [1.29, 1.82) is 0 Å². The zero-order chi connectivity index (χ0) is 32.0. The fourth-order valence-electron chi connectivity index (χ4n) is 4.13. The van der Waals surface area contributed by atoms with Gasteiger partial charge in [-0.2, -0.15) is 30.4 Å². The third-order valence-corrected chi connectivity index (χ3v) is 9.87. The van der Waals surface area contributed by atoms with Gasteiger partial charge in [0.1, 0.15) is 10.6 Å². The number of aromatic hydroxyl groups is 1. The fourth-order valence-corrected chi connectivity index (χ4v) is 7.05. The van der Waals surface area contributed by atoms with Crippen LogP contribution < -0.4 is 5.32 Å². The molecule has 0 unspecified atom stereocenters. The van der Waals surface area contributed by atoms with Gasteiger partial charge >= 0.3 is 10.4 Å². The molecular weight excluding hydrogens is 655 g/mol. The second-order valence-corrected chi connectivity index (χ2v) is 14.8. The maximum absolute atomic E-state index is 12.9. The third-order valence-electron chi connectivity index (χ3n) is 5.98. The van der Waals surface area contributed by atoms with Crippen molar-refractivity contribution in [3.05, 3.63) is 54.6 Å². The maximum atomic E-state index is 12.9. The van der Waals surface area contributed by atoms with Crippen LogP contribution in [0.25, 0.3) is 21.5 Å². The van der Waals surface area contributed by atoms with Gasteiger partial charge in [0.15, 0.2) is 15.6 Å². The molecule has 0 spiro atoms. The lowest BCUT2D eigenvalue weighted by Gasteiger charge is -2.13. The molecule has 230 valence electrons. The van der Waals surface area contributed by atoms with Gasteiger partial charge in [-0.15, -0.1) is 5.11 Å². The Morgan fingerprint density at radius 1 is 0.791 bits per heavy atom. The van der Waals surface area contributed by atoms with Crippen LogP contribution in [0.3, 0.4) is 0 Å². The summed E-state index contributed by atoms with van der Waals surface area (Å²) in [6.45, 7) is -0.864. The van der Waals surface area contributed by atoms with Crippen LogP contribution in [0.2, 0.25) is 0 Å². The Balaban J connectivity index is 1.87. The lowest BCUT2D eigenvalue weighted by Crippen LogP contribution is -2.15. The number of benzene rings is 4. The van der Waals surface area contributed by atoms with E-state index in [0.717, 1.165) is 18.2 Å². The van der Waals surface area contributed by atoms with Crippen LogP contribution >= 0.6 is 0 Å². The molecule has 0 heterocycles. The van der Waals surface area contributed by atoms with Crippen LogP contribution in [0, 0.1) is 0 Å². The molecule has 0 atom stereocenters. The van der Waals surface area contributed by atoms with Gasteiger partial charge in [0.2, 0.25) is 0 Å². The highest BCUT2D eigenvalue weighted by Gasteiger charge is 2.25. The molecule has 20 heteroatoms. The molecule has 0 saturated carbocycles. The highest BCUT2D eigenvalue weighted by Crippen LogP contribution is 2.45. The maximum Gasteiger partial charge on any atom is 0.397 e. The smallest absolute Gasteiger partial charge is 0.397 e. The average Bonchev–Trinajstić information content (AvgIpc) is 2.89. The Kier molecular flexibility index (Phi) is 8.52. The van der Waals surface area contributed by atoms with Gasteiger partial charge in [0, 0.05) is 23.5 Å². The van der Waals surface area contributed by atoms with Crippen molar-refractivity contribution in [3.8, 4) is 5.75 Å². The number of nitrogens with one attached hydrogen (secondary N) is 1. The summed E-state index contributed by atoms with van der Waals surface area (Å²) in [6.07, 6.45) is 0. The summed E-state index contributed by atoms with van der Waals surface area (Å²) in [7, 11) is -17.5. The van der Waals surface area contributed by atoms with Crippen LogP contribution in [0.5, 0.6) is 5.75 Å². The predicted molar refractivity (Wildman–Crippen MR) is 152 cm³/mol. The van der Waals surface area contributed by atoms with Gasteiger partial charge < -0.3 is 10.4 Å². The zero-order valence-corrected chi connectivity index (χ0v) is 24.9. The first-order valence-corrected chi connectivity index (χ1v) is 17.5. The molecule has 0 amide bonds. The number of azo groups is 1. The van der Waals surface area contributed by atoms with E-state index in [1.54, 1.807) is 6.07 Å². The molecule has 5 N–H and O–H groups in total. The number of phenols is 1. The molecule has 0 radical (unpaired) electrons. The summed E-state index contributed by atoms with van der Waals surface area (Å²) in [6, 6.07) is 11.0. The topological polar surface area (TPSA) is 263 Å². The number of sulfone groups is 1. The van der Waals surface area contributed by atoms with Crippen LogP contribution in [0.4, 0.5) is 17.1 Å². The van der Waals surface area contributed by atoms with Crippen LogP contribution in [-0.2, 0) is 44.7 Å². The number of nitrogens with zero attached hydrogens (tertiary/aromatic N) is 2. The molecule has 0 aromatic heterocycles. The minimum Gasteiger partial charge on any atom is -0.505 e. The van der Waals surface area contributed by atoms with Crippen LogP contribution in [-0.4, -0.2) is 71.8 Å². The van der Waals surface area contributed by atoms with Crippen LogP contribution in [0.15, 0.2) is 79.5 Å². The molecule has 4 aromatic carbocycles. The quantitative estimate of drug-likeness (QED) is 0.119. The molecule has 0 aliphatic rings. The second kappa shape index (κ2) is 11.4. The molecule has 43 heavy (non-hydrogen) atoms. The SMILES string of the molecule is CNc1cc(S(=O)(=O)O)cc2cc(S(=O)(=O)O)c(/N=N/c3ccc4cccc(S(=O)(=O)CCOS(=O)(=O)O)c4c3)c(O)c12. The van der Waals surface area contributed by atoms with Crippen molar-refractivity contribution < 1.29 is 56.6 Å². The summed E-state index contributed by atoms with van der Waals surface area (Å²) in [4.78, 5) is -1.84. The van der Waals surface area contributed by atoms with Gasteiger partial charge in [-0.3, -0.25) is 13.7 Å². The van der Waals surface area contributed by atoms with Gasteiger partial charge in [-0.1, -0.05) is 18.2 Å². The van der Waals surface area contributed by atoms with Crippen molar-refractivity contribution in [3.63, 3.8) is 0 Å². The van der Waals surface area contributed by atoms with E-state index in [9.17, 15) is 47.9 Å². The van der Waals surface area contributed by atoms with E-state index in [2.05, 4.69) is 19.7 Å². The minimum atomic E-state index is -5.10. The first-order valence-electron chi connectivity index (χ1n) is 11.6. The van der Waals surface area contributed by atoms with E-state index < -0.39 is 74.1 Å². The standard InChI is InChI=1S/C23H21N3O13S4/c1-24-18-12-16(41(30,31)32)9-14-10-20(42(33,34)35)22(23(27)21(14)18)26-25-15-6-5-13-3-2-4-19(17(13)11-15)40(28,29)8-7-39-43(36,37)38/h2-6,9-12,24,27H,7-8H2,1H3,(H,30,31,32)(H,33,34,35)(H,36,37,38)/b26-25+. The molecule has 0 bridgehead atoms. The molecule has 0 aliphatic heterocycles. The van der Waals surface area contributed by atoms with E-state index in [0.29, 0.717) is 5.39 Å². The number of phenolic OH excluding ortho intramolecular Hbond substituents is 1. The van der Waals surface area contributed by atoms with Crippen molar-refractivity contribution in [2.24, 2.45) is 10.2 Å². The minimum absolute atomic E-state index is 0.0410. The highest BCUT2D eigenvalue weighted by atomic mass is 32.3. The molecule has 0 saturated heterocycles. The molecule has 4 rings (SSSR count). The lowest BCUT2D eigenvalue weighted by molar-refractivity contribution is 0.284. The normalized spacial score (nSPS) is 13.2. The molecule has 0 fully saturated rings. The summed E-state index contributed by atoms with van der Waals surface area (Å²) < 4.78 is 127. The van der Waals surface area contributed by atoms with E-state index in [-0.39, 0.29) is 32.4 Å². The summed E-state index contributed by atoms with van der Waals surface area (Å²) in [5.41, 5.74) is -0.838. The van der Waals surface area contributed by atoms with Crippen molar-refractivity contribution in [2.45, 2.75) is 14.7 Å². The van der Waals surface area contributed by atoms with E-state index >= 15 is 0 Å². The Labute approximate surface area is 245 Å². The molecular formula is C23H21N3O13S4. The number of rotatable bonds is 10. The Hall–Kier alpha value is -3.76. The predicted octanol–water partition coefficient (Wildman–Crippen LogP) is 3.24. The highest BCUT2D eigenvalue weighted by molar-refractivity contribution is 7.91. The summed E-state index contributed by atoms with van der Waals surface area (Å²) >= 11 is 0. The zero-order valence-electron chi connectivity index (χ0n) is 21.6. The Bertz CT molecular complexity index is 2250. The molecule has 0 aliphatic carbocycles. The largest absolute Gasteiger partial charge is 0.505 e. The number of anilines is 1. The van der Waals surface area contributed by atoms with Gasteiger partial charge in [-0.25, -0.2) is 12.6 Å². The van der Waals surface area contributed by atoms with Gasteiger partial charge in [-0.05, 0) is 47.2 Å². The fraction of sp³-hybridized carbons (Fsp3) is 0.130. The average molecular weight is 676 g/mol. The monoisotopic (exact) mass is 675 g/mol. The van der Waals surface area contributed by atoms with Crippen molar-refractivity contribution in [2.75, 3.05) is 24.7 Å². The third kappa shape index (κ3) is 7.08. The number of hydrogen-bond acceptors (Lipinski definition) is 13. The second-order valence-electron chi connectivity index (χ2n) is 8.77. The van der Waals surface area contributed by atoms with Crippen molar-refractivity contribution >= 4 is 79.1 Å². The summed E-state index contributed by atoms with van der Waals surface area (Å²) in [5.74, 6) is -1.64. The molecule has 4 aromatic rings. The van der Waals surface area contributed by atoms with E-state index in [4.69, 9.17) is 4.55 Å². The summed E-state index contributed by atoms with van der Waals surface area (Å²) in [5, 5.41) is 21.5. The first-order chi connectivity index (χ1) is 19.8. The van der Waals surface area contributed by atoms with E-state index in [1.165, 1.54) is 37.4 Å². The lowest BCUT2D eigenvalue weighted by atomic mass is 10.1. The Morgan fingerprint density at radius 3 is 2.09 bits per heavy atom. The van der Waals surface area contributed by atoms with Gasteiger partial charge in [0.05, 0.1) is 27.8 Å². The first kappa shape index (κ1) is 32.2. The van der Waals surface area contributed by atoms with E-state index in [1.807, 2.05) is 0 Å². The number of hydrogen-bond donors (Lipinski definition) is 5. The van der Waals surface area contributed by atoms with Gasteiger partial charge in [0.25, 0.3) is 20.2 Å². The Morgan fingerprint density at radius 2 is 1.49 bits per heavy atom.